The molecule has 1 fully saturated rings. The van der Waals surface area contributed by atoms with Gasteiger partial charge in [-0.1, -0.05) is 59.8 Å². The highest BCUT2D eigenvalue weighted by molar-refractivity contribution is 5.91. The highest BCUT2D eigenvalue weighted by Gasteiger charge is 2.53. The van der Waals surface area contributed by atoms with E-state index in [-0.39, 0.29) is 29.6 Å². The number of ether oxygens (including phenoxy) is 1. The first kappa shape index (κ1) is 25.3. The molecule has 0 spiro atoms. The summed E-state index contributed by atoms with van der Waals surface area (Å²) in [6.07, 6.45) is 2.82. The molecule has 1 saturated carbocycles. The number of hydrogen-bond acceptors (Lipinski definition) is 5. The van der Waals surface area contributed by atoms with Gasteiger partial charge in [0.2, 0.25) is 5.91 Å². The van der Waals surface area contributed by atoms with E-state index in [2.05, 4.69) is 53.6 Å². The Bertz CT molecular complexity index is 1550. The SMILES string of the molecule is CCOC(=O)CC(c1cccc2c1CCN(C(=O)C1(c3ccccc3)CC1)C2)c1ccc2c(nnn2C)c1C. The number of benzene rings is 3. The molecule has 0 radical (unpaired) electrons. The molecule has 1 aliphatic heterocycles. The van der Waals surface area contributed by atoms with Gasteiger partial charge in [-0.15, -0.1) is 5.10 Å². The van der Waals surface area contributed by atoms with Crippen LogP contribution in [0.4, 0.5) is 0 Å². The van der Waals surface area contributed by atoms with E-state index >= 15 is 0 Å². The third-order valence-electron chi connectivity index (χ3n) is 8.58. The van der Waals surface area contributed by atoms with Gasteiger partial charge in [0.15, 0.2) is 0 Å². The molecular formula is C32H34N4O3. The van der Waals surface area contributed by atoms with Crippen LogP contribution in [0, 0.1) is 6.92 Å². The number of rotatable bonds is 7. The lowest BCUT2D eigenvalue weighted by atomic mass is 9.80. The Hall–Kier alpha value is -4.00. The van der Waals surface area contributed by atoms with E-state index in [1.807, 2.05) is 43.1 Å². The zero-order valence-corrected chi connectivity index (χ0v) is 22.8. The van der Waals surface area contributed by atoms with Crippen LogP contribution in [-0.4, -0.2) is 44.9 Å². The van der Waals surface area contributed by atoms with Crippen molar-refractivity contribution in [2.75, 3.05) is 13.2 Å². The van der Waals surface area contributed by atoms with Crippen LogP contribution < -0.4 is 0 Å². The highest BCUT2D eigenvalue weighted by Crippen LogP contribution is 2.50. The molecule has 0 saturated heterocycles. The van der Waals surface area contributed by atoms with Gasteiger partial charge < -0.3 is 9.64 Å². The predicted octanol–water partition coefficient (Wildman–Crippen LogP) is 4.98. The smallest absolute Gasteiger partial charge is 0.306 e. The van der Waals surface area contributed by atoms with E-state index < -0.39 is 0 Å². The van der Waals surface area contributed by atoms with Crippen LogP contribution in [0.5, 0.6) is 0 Å². The van der Waals surface area contributed by atoms with Crippen molar-refractivity contribution in [2.45, 2.75) is 57.4 Å². The van der Waals surface area contributed by atoms with Crippen molar-refractivity contribution in [3.8, 4) is 0 Å². The summed E-state index contributed by atoms with van der Waals surface area (Å²) in [6.45, 7) is 5.50. The molecule has 2 aliphatic rings. The van der Waals surface area contributed by atoms with Gasteiger partial charge in [-0.25, -0.2) is 4.68 Å². The van der Waals surface area contributed by atoms with Crippen LogP contribution in [-0.2, 0) is 39.8 Å². The standard InChI is InChI=1S/C32H34N4O3/c1-4-39-29(37)19-27(24-13-14-28-30(21(24)2)33-34-35(28)3)26-12-8-9-22-20-36(18-15-25(22)26)31(38)32(16-17-32)23-10-6-5-7-11-23/h5-14,27H,4,15-20H2,1-3H3. The van der Waals surface area contributed by atoms with Crippen molar-refractivity contribution in [1.29, 1.82) is 0 Å². The first-order chi connectivity index (χ1) is 18.9. The van der Waals surface area contributed by atoms with Gasteiger partial charge in [0, 0.05) is 26.1 Å². The highest BCUT2D eigenvalue weighted by atomic mass is 16.5. The molecule has 1 amide bonds. The van der Waals surface area contributed by atoms with Crippen LogP contribution in [0.25, 0.3) is 11.0 Å². The maximum absolute atomic E-state index is 13.8. The molecule has 200 valence electrons. The zero-order chi connectivity index (χ0) is 27.1. The van der Waals surface area contributed by atoms with Gasteiger partial charge >= 0.3 is 5.97 Å². The molecule has 6 rings (SSSR count). The summed E-state index contributed by atoms with van der Waals surface area (Å²) in [5, 5.41) is 8.59. The van der Waals surface area contributed by atoms with E-state index in [1.54, 1.807) is 4.68 Å². The molecule has 1 aliphatic carbocycles. The van der Waals surface area contributed by atoms with Crippen molar-refractivity contribution in [2.24, 2.45) is 7.05 Å². The molecule has 7 nitrogen and oxygen atoms in total. The van der Waals surface area contributed by atoms with Crippen molar-refractivity contribution < 1.29 is 14.3 Å². The zero-order valence-electron chi connectivity index (χ0n) is 22.8. The van der Waals surface area contributed by atoms with Gasteiger partial charge in [0.25, 0.3) is 0 Å². The van der Waals surface area contributed by atoms with Gasteiger partial charge in [0.1, 0.15) is 5.52 Å². The average molecular weight is 523 g/mol. The lowest BCUT2D eigenvalue weighted by Gasteiger charge is -2.34. The van der Waals surface area contributed by atoms with Crippen LogP contribution in [0.3, 0.4) is 0 Å². The van der Waals surface area contributed by atoms with Crippen molar-refractivity contribution >= 4 is 22.9 Å². The maximum atomic E-state index is 13.8. The van der Waals surface area contributed by atoms with Crippen molar-refractivity contribution in [3.63, 3.8) is 0 Å². The average Bonchev–Trinajstić information content (AvgIpc) is 3.69. The molecule has 4 aromatic rings. The predicted molar refractivity (Wildman–Crippen MR) is 149 cm³/mol. The van der Waals surface area contributed by atoms with E-state index in [0.29, 0.717) is 19.7 Å². The molecule has 0 N–H and O–H groups in total. The third-order valence-corrected chi connectivity index (χ3v) is 8.58. The number of nitrogens with zero attached hydrogens (tertiary/aromatic N) is 4. The van der Waals surface area contributed by atoms with Gasteiger partial charge in [-0.3, -0.25) is 9.59 Å². The van der Waals surface area contributed by atoms with Crippen LogP contribution in [0.1, 0.15) is 65.5 Å². The van der Waals surface area contributed by atoms with Gasteiger partial charge in [-0.2, -0.15) is 0 Å². The Labute approximate surface area is 228 Å². The Morgan fingerprint density at radius 3 is 2.56 bits per heavy atom. The molecule has 2 heterocycles. The first-order valence-corrected chi connectivity index (χ1v) is 13.8. The molecule has 39 heavy (non-hydrogen) atoms. The summed E-state index contributed by atoms with van der Waals surface area (Å²) in [5.41, 5.74) is 8.17. The quantitative estimate of drug-likeness (QED) is 0.320. The fraction of sp³-hybridized carbons (Fsp3) is 0.375. The summed E-state index contributed by atoms with van der Waals surface area (Å²) in [4.78, 5) is 28.6. The summed E-state index contributed by atoms with van der Waals surface area (Å²) in [6, 6.07) is 20.6. The minimum absolute atomic E-state index is 0.174. The lowest BCUT2D eigenvalue weighted by Crippen LogP contribution is -2.42. The molecule has 1 atom stereocenters. The van der Waals surface area contributed by atoms with Gasteiger partial charge in [0.05, 0.1) is 24.0 Å². The van der Waals surface area contributed by atoms with Crippen LogP contribution in [0.15, 0.2) is 60.7 Å². The van der Waals surface area contributed by atoms with Crippen LogP contribution in [0.2, 0.25) is 0 Å². The molecule has 3 aromatic carbocycles. The molecule has 7 heteroatoms. The largest absolute Gasteiger partial charge is 0.466 e. The fourth-order valence-corrected chi connectivity index (χ4v) is 6.35. The number of carbonyl (C=O) groups is 2. The summed E-state index contributed by atoms with van der Waals surface area (Å²) in [7, 11) is 1.88. The normalized spacial score (nSPS) is 16.5. The van der Waals surface area contributed by atoms with Crippen molar-refractivity contribution in [1.82, 2.24) is 19.9 Å². The Morgan fingerprint density at radius 1 is 1.03 bits per heavy atom. The number of hydrogen-bond donors (Lipinski definition) is 0. The van der Waals surface area contributed by atoms with Crippen molar-refractivity contribution in [3.05, 3.63) is 94.0 Å². The summed E-state index contributed by atoms with van der Waals surface area (Å²) < 4.78 is 7.17. The Morgan fingerprint density at radius 2 is 1.82 bits per heavy atom. The number of amides is 1. The topological polar surface area (TPSA) is 77.3 Å². The molecule has 1 unspecified atom stereocenters. The first-order valence-electron chi connectivity index (χ1n) is 13.8. The molecule has 0 bridgehead atoms. The van der Waals surface area contributed by atoms with E-state index in [4.69, 9.17) is 4.74 Å². The maximum Gasteiger partial charge on any atom is 0.306 e. The Balaban J connectivity index is 1.35. The van der Waals surface area contributed by atoms with Crippen LogP contribution >= 0.6 is 0 Å². The minimum Gasteiger partial charge on any atom is -0.466 e. The number of esters is 1. The van der Waals surface area contributed by atoms with E-state index in [1.165, 1.54) is 5.56 Å². The monoisotopic (exact) mass is 522 g/mol. The number of fused-ring (bicyclic) bond motifs is 2. The number of aromatic nitrogens is 3. The molecular weight excluding hydrogens is 488 g/mol. The lowest BCUT2D eigenvalue weighted by molar-refractivity contribution is -0.143. The van der Waals surface area contributed by atoms with E-state index in [9.17, 15) is 9.59 Å². The minimum atomic E-state index is -0.369. The number of aryl methyl sites for hydroxylation is 2. The second-order valence-electron chi connectivity index (χ2n) is 10.8. The summed E-state index contributed by atoms with van der Waals surface area (Å²) >= 11 is 0. The third kappa shape index (κ3) is 4.40. The second-order valence-corrected chi connectivity index (χ2v) is 10.8. The second kappa shape index (κ2) is 9.95. The molecule has 1 aromatic heterocycles. The summed E-state index contributed by atoms with van der Waals surface area (Å²) in [5.74, 6) is -0.159. The number of carbonyl (C=O) groups excluding carboxylic acids is 2. The van der Waals surface area contributed by atoms with E-state index in [0.717, 1.165) is 58.1 Å². The van der Waals surface area contributed by atoms with Gasteiger partial charge in [-0.05, 0) is 72.6 Å². The fourth-order valence-electron chi connectivity index (χ4n) is 6.35. The Kier molecular flexibility index (Phi) is 6.45.